The zero-order chi connectivity index (χ0) is 26.4. The molecule has 1 atom stereocenters. The molecule has 6 rings (SSSR count). The maximum Gasteiger partial charge on any atom is 0.334 e. The van der Waals surface area contributed by atoms with Crippen LogP contribution in [0.5, 0.6) is 0 Å². The lowest BCUT2D eigenvalue weighted by Gasteiger charge is -2.39. The van der Waals surface area contributed by atoms with Gasteiger partial charge in [0.1, 0.15) is 6.61 Å². The first kappa shape index (κ1) is 24.8. The minimum atomic E-state index is -0.515. The Balaban J connectivity index is 1.74. The van der Waals surface area contributed by atoms with E-state index in [0.717, 1.165) is 44.3 Å². The molecule has 196 valence electrons. The van der Waals surface area contributed by atoms with Crippen LogP contribution in [0, 0.1) is 19.8 Å². The first-order valence-corrected chi connectivity index (χ1v) is 14.3. The van der Waals surface area contributed by atoms with E-state index in [-0.39, 0.29) is 11.9 Å². The van der Waals surface area contributed by atoms with Crippen molar-refractivity contribution in [2.75, 3.05) is 6.61 Å². The standard InChI is InChI=1S/C34H38N2O2/c1-5-7-20-35-23(3)31(26-14-9-11-17-29(26)35)34(19-13-16-25-28(34)22-38-33(25)37)32-24(4)36(21-8-6-2)30-18-12-10-15-27(30)32/h9-19,28H,5-8,20-22H2,1-4H3. The second kappa shape index (κ2) is 9.65. The molecule has 2 aliphatic rings. The SMILES string of the molecule is CCCCn1c(C)c(C2(c3c(C)n(CCCC)c4ccccc34)C=CC=C3C(=O)OCC32)c2ccccc21. The number of hydrogen-bond acceptors (Lipinski definition) is 2. The van der Waals surface area contributed by atoms with Crippen LogP contribution in [0.15, 0.2) is 72.3 Å². The second-order valence-electron chi connectivity index (χ2n) is 11.0. The maximum absolute atomic E-state index is 13.0. The van der Waals surface area contributed by atoms with Gasteiger partial charge in [-0.25, -0.2) is 4.79 Å². The van der Waals surface area contributed by atoms with Crippen LogP contribution in [0.3, 0.4) is 0 Å². The van der Waals surface area contributed by atoms with E-state index in [1.54, 1.807) is 0 Å². The molecular formula is C34H38N2O2. The number of hydrogen-bond donors (Lipinski definition) is 0. The fourth-order valence-corrected chi connectivity index (χ4v) is 7.21. The maximum atomic E-state index is 13.0. The van der Waals surface area contributed by atoms with Crippen LogP contribution in [0.4, 0.5) is 0 Å². The zero-order valence-corrected chi connectivity index (χ0v) is 23.1. The normalized spacial score (nSPS) is 18.3. The lowest BCUT2D eigenvalue weighted by molar-refractivity contribution is -0.135. The molecule has 1 aliphatic carbocycles. The van der Waals surface area contributed by atoms with Gasteiger partial charge in [0.05, 0.1) is 5.41 Å². The molecule has 4 nitrogen and oxygen atoms in total. The van der Waals surface area contributed by atoms with Crippen molar-refractivity contribution >= 4 is 27.8 Å². The Kier molecular flexibility index (Phi) is 6.29. The van der Waals surface area contributed by atoms with E-state index in [1.807, 2.05) is 6.08 Å². The third-order valence-electron chi connectivity index (χ3n) is 8.94. The van der Waals surface area contributed by atoms with Crippen LogP contribution in [-0.2, 0) is 28.0 Å². The predicted octanol–water partition coefficient (Wildman–Crippen LogP) is 7.77. The molecule has 2 aromatic carbocycles. The van der Waals surface area contributed by atoms with E-state index in [1.165, 1.54) is 44.3 Å². The summed E-state index contributed by atoms with van der Waals surface area (Å²) < 4.78 is 10.8. The fourth-order valence-electron chi connectivity index (χ4n) is 7.21. The first-order valence-electron chi connectivity index (χ1n) is 14.3. The lowest BCUT2D eigenvalue weighted by Crippen LogP contribution is -2.39. The Morgan fingerprint density at radius 3 is 1.89 bits per heavy atom. The van der Waals surface area contributed by atoms with Gasteiger partial charge in [-0.15, -0.1) is 0 Å². The summed E-state index contributed by atoms with van der Waals surface area (Å²) >= 11 is 0. The van der Waals surface area contributed by atoms with Gasteiger partial charge in [-0.1, -0.05) is 81.3 Å². The van der Waals surface area contributed by atoms with Gasteiger partial charge in [0.25, 0.3) is 0 Å². The molecule has 38 heavy (non-hydrogen) atoms. The number of allylic oxidation sites excluding steroid dienone is 3. The summed E-state index contributed by atoms with van der Waals surface area (Å²) in [6.07, 6.45) is 11.0. The number of benzene rings is 2. The van der Waals surface area contributed by atoms with Crippen LogP contribution < -0.4 is 0 Å². The van der Waals surface area contributed by atoms with Gasteiger partial charge in [-0.2, -0.15) is 0 Å². The highest BCUT2D eigenvalue weighted by Crippen LogP contribution is 2.55. The Hall–Kier alpha value is -3.53. The number of fused-ring (bicyclic) bond motifs is 3. The smallest absolute Gasteiger partial charge is 0.334 e. The average Bonchev–Trinajstić information content (AvgIpc) is 3.55. The van der Waals surface area contributed by atoms with Crippen LogP contribution in [-0.4, -0.2) is 21.7 Å². The number of ether oxygens (including phenoxy) is 1. The number of aryl methyl sites for hydroxylation is 2. The number of aromatic nitrogens is 2. The van der Waals surface area contributed by atoms with Crippen molar-refractivity contribution in [3.63, 3.8) is 0 Å². The number of esters is 1. The van der Waals surface area contributed by atoms with Crippen molar-refractivity contribution in [2.45, 2.75) is 71.9 Å². The molecular weight excluding hydrogens is 468 g/mol. The summed E-state index contributed by atoms with van der Waals surface area (Å²) in [7, 11) is 0. The number of rotatable bonds is 8. The zero-order valence-electron chi connectivity index (χ0n) is 23.1. The van der Waals surface area contributed by atoms with Crippen molar-refractivity contribution in [3.05, 3.63) is 94.8 Å². The van der Waals surface area contributed by atoms with Gasteiger partial charge in [0.2, 0.25) is 0 Å². The van der Waals surface area contributed by atoms with Crippen molar-refractivity contribution in [2.24, 2.45) is 5.92 Å². The monoisotopic (exact) mass is 506 g/mol. The van der Waals surface area contributed by atoms with Crippen LogP contribution in [0.2, 0.25) is 0 Å². The largest absolute Gasteiger partial charge is 0.462 e. The quantitative estimate of drug-likeness (QED) is 0.229. The number of para-hydroxylation sites is 2. The molecule has 0 saturated carbocycles. The lowest BCUT2D eigenvalue weighted by atomic mass is 9.61. The second-order valence-corrected chi connectivity index (χ2v) is 11.0. The highest BCUT2D eigenvalue weighted by atomic mass is 16.5. The van der Waals surface area contributed by atoms with Crippen molar-refractivity contribution < 1.29 is 9.53 Å². The Bertz CT molecular complexity index is 1500. The van der Waals surface area contributed by atoms with E-state index in [0.29, 0.717) is 6.61 Å². The van der Waals surface area contributed by atoms with Gasteiger partial charge in [-0.05, 0) is 49.9 Å². The molecule has 1 saturated heterocycles. The van der Waals surface area contributed by atoms with Crippen molar-refractivity contribution in [1.29, 1.82) is 0 Å². The molecule has 0 spiro atoms. The molecule has 0 amide bonds. The molecule has 0 radical (unpaired) electrons. The topological polar surface area (TPSA) is 36.2 Å². The first-order chi connectivity index (χ1) is 18.5. The molecule has 4 aromatic rings. The summed E-state index contributed by atoms with van der Waals surface area (Å²) in [6, 6.07) is 17.7. The average molecular weight is 507 g/mol. The van der Waals surface area contributed by atoms with Gasteiger partial charge >= 0.3 is 5.97 Å². The van der Waals surface area contributed by atoms with Crippen LogP contribution in [0.25, 0.3) is 21.8 Å². The Labute approximate surface area is 225 Å². The van der Waals surface area contributed by atoms with E-state index in [4.69, 9.17) is 4.74 Å². The van der Waals surface area contributed by atoms with Crippen molar-refractivity contribution in [3.8, 4) is 0 Å². The summed E-state index contributed by atoms with van der Waals surface area (Å²) in [4.78, 5) is 13.0. The van der Waals surface area contributed by atoms with Gasteiger partial charge < -0.3 is 13.9 Å². The minimum Gasteiger partial charge on any atom is -0.462 e. The van der Waals surface area contributed by atoms with Gasteiger partial charge in [0.15, 0.2) is 0 Å². The third kappa shape index (κ3) is 3.46. The van der Waals surface area contributed by atoms with E-state index < -0.39 is 5.41 Å². The Morgan fingerprint density at radius 2 is 1.37 bits per heavy atom. The number of unbranched alkanes of at least 4 members (excludes halogenated alkanes) is 2. The van der Waals surface area contributed by atoms with E-state index in [9.17, 15) is 4.79 Å². The summed E-state index contributed by atoms with van der Waals surface area (Å²) in [6.45, 7) is 11.4. The molecule has 2 aromatic heterocycles. The molecule has 1 unspecified atom stereocenters. The highest BCUT2D eigenvalue weighted by molar-refractivity contribution is 5.97. The summed E-state index contributed by atoms with van der Waals surface area (Å²) in [5.41, 5.74) is 8.03. The van der Waals surface area contributed by atoms with Crippen LogP contribution in [0.1, 0.15) is 62.0 Å². The molecule has 1 aliphatic heterocycles. The highest BCUT2D eigenvalue weighted by Gasteiger charge is 2.52. The summed E-state index contributed by atoms with van der Waals surface area (Å²) in [5.74, 6) is -0.253. The van der Waals surface area contributed by atoms with Crippen LogP contribution >= 0.6 is 0 Å². The van der Waals surface area contributed by atoms with Crippen molar-refractivity contribution in [1.82, 2.24) is 9.13 Å². The molecule has 3 heterocycles. The Morgan fingerprint density at radius 1 is 0.842 bits per heavy atom. The molecule has 4 heteroatoms. The summed E-state index contributed by atoms with van der Waals surface area (Å²) in [5, 5.41) is 2.55. The number of cyclic esters (lactones) is 1. The molecule has 0 N–H and O–H groups in total. The number of carbonyl (C=O) groups is 1. The number of nitrogens with zero attached hydrogens (tertiary/aromatic N) is 2. The molecule has 0 bridgehead atoms. The fraction of sp³-hybridized carbons (Fsp3) is 0.382. The molecule has 1 fully saturated rings. The van der Waals surface area contributed by atoms with E-state index in [2.05, 4.69) is 97.5 Å². The predicted molar refractivity (Wildman–Crippen MR) is 156 cm³/mol. The van der Waals surface area contributed by atoms with Gasteiger partial charge in [-0.3, -0.25) is 0 Å². The van der Waals surface area contributed by atoms with Gasteiger partial charge in [0, 0.05) is 57.8 Å². The number of carbonyl (C=O) groups excluding carboxylic acids is 1. The van der Waals surface area contributed by atoms with E-state index >= 15 is 0 Å². The minimum absolute atomic E-state index is 0.0757. The third-order valence-corrected chi connectivity index (χ3v) is 8.94.